The standard InChI is InChI=1S/C15H15N3O2S/c1-10(11-4-6-16-7-5-11)17-15(21)18-12-2-3-13-14(8-12)20-9-19-13/h2-8,10H,9H2,1H3,(H2,17,18,21)/t10-/m1/s1. The summed E-state index contributed by atoms with van der Waals surface area (Å²) in [5.74, 6) is 1.48. The molecule has 0 amide bonds. The van der Waals surface area contributed by atoms with E-state index in [1.54, 1.807) is 12.4 Å². The first kappa shape index (κ1) is 13.6. The van der Waals surface area contributed by atoms with Gasteiger partial charge in [-0.1, -0.05) is 0 Å². The van der Waals surface area contributed by atoms with E-state index in [0.29, 0.717) is 5.11 Å². The number of hydrogen-bond acceptors (Lipinski definition) is 4. The van der Waals surface area contributed by atoms with Crippen molar-refractivity contribution in [3.05, 3.63) is 48.3 Å². The van der Waals surface area contributed by atoms with Crippen LogP contribution >= 0.6 is 12.2 Å². The van der Waals surface area contributed by atoms with Gasteiger partial charge in [-0.25, -0.2) is 0 Å². The molecule has 5 nitrogen and oxygen atoms in total. The summed E-state index contributed by atoms with van der Waals surface area (Å²) in [7, 11) is 0. The molecule has 21 heavy (non-hydrogen) atoms. The maximum Gasteiger partial charge on any atom is 0.231 e. The van der Waals surface area contributed by atoms with Gasteiger partial charge in [0.1, 0.15) is 0 Å². The lowest BCUT2D eigenvalue weighted by molar-refractivity contribution is 0.174. The van der Waals surface area contributed by atoms with Crippen molar-refractivity contribution in [1.29, 1.82) is 0 Å². The molecule has 2 heterocycles. The lowest BCUT2D eigenvalue weighted by Crippen LogP contribution is -2.30. The number of fused-ring (bicyclic) bond motifs is 1. The van der Waals surface area contributed by atoms with Crippen molar-refractivity contribution in [2.24, 2.45) is 0 Å². The molecule has 1 aliphatic heterocycles. The number of nitrogens with zero attached hydrogens (tertiary/aromatic N) is 1. The number of benzene rings is 1. The minimum Gasteiger partial charge on any atom is -0.454 e. The van der Waals surface area contributed by atoms with Gasteiger partial charge in [0.2, 0.25) is 6.79 Å². The molecule has 3 rings (SSSR count). The van der Waals surface area contributed by atoms with Crippen LogP contribution in [-0.2, 0) is 0 Å². The summed E-state index contributed by atoms with van der Waals surface area (Å²) in [5, 5.41) is 6.93. The normalized spacial score (nSPS) is 13.6. The number of rotatable bonds is 3. The van der Waals surface area contributed by atoms with Crippen LogP contribution in [0.25, 0.3) is 0 Å². The molecule has 1 aliphatic rings. The first-order chi connectivity index (χ1) is 10.2. The zero-order chi connectivity index (χ0) is 14.7. The van der Waals surface area contributed by atoms with Crippen molar-refractivity contribution in [2.45, 2.75) is 13.0 Å². The Morgan fingerprint density at radius 3 is 2.76 bits per heavy atom. The van der Waals surface area contributed by atoms with E-state index in [1.807, 2.05) is 37.3 Å². The quantitative estimate of drug-likeness (QED) is 0.850. The summed E-state index contributed by atoms with van der Waals surface area (Å²) in [4.78, 5) is 4.01. The molecule has 0 fully saturated rings. The topological polar surface area (TPSA) is 55.4 Å². The van der Waals surface area contributed by atoms with Crippen LogP contribution in [0.3, 0.4) is 0 Å². The summed E-state index contributed by atoms with van der Waals surface area (Å²) in [6, 6.07) is 9.65. The lowest BCUT2D eigenvalue weighted by Gasteiger charge is -2.17. The number of pyridine rings is 1. The van der Waals surface area contributed by atoms with E-state index in [9.17, 15) is 0 Å². The average molecular weight is 301 g/mol. The highest BCUT2D eigenvalue weighted by Gasteiger charge is 2.14. The van der Waals surface area contributed by atoms with Gasteiger partial charge in [0, 0.05) is 24.1 Å². The lowest BCUT2D eigenvalue weighted by atomic mass is 10.1. The van der Waals surface area contributed by atoms with E-state index in [2.05, 4.69) is 15.6 Å². The summed E-state index contributed by atoms with van der Waals surface area (Å²) in [5.41, 5.74) is 1.98. The van der Waals surface area contributed by atoms with Gasteiger partial charge in [-0.15, -0.1) is 0 Å². The van der Waals surface area contributed by atoms with Gasteiger partial charge < -0.3 is 20.1 Å². The van der Waals surface area contributed by atoms with Crippen LogP contribution in [0.4, 0.5) is 5.69 Å². The molecule has 1 aromatic carbocycles. The maximum atomic E-state index is 5.34. The molecule has 2 N–H and O–H groups in total. The fraction of sp³-hybridized carbons (Fsp3) is 0.200. The van der Waals surface area contributed by atoms with Gasteiger partial charge in [-0.05, 0) is 49.0 Å². The highest BCUT2D eigenvalue weighted by molar-refractivity contribution is 7.80. The largest absolute Gasteiger partial charge is 0.454 e. The molecule has 0 unspecified atom stereocenters. The van der Waals surface area contributed by atoms with Crippen LogP contribution in [-0.4, -0.2) is 16.9 Å². The Morgan fingerprint density at radius 2 is 1.95 bits per heavy atom. The molecule has 2 aromatic rings. The number of nitrogens with one attached hydrogen (secondary N) is 2. The van der Waals surface area contributed by atoms with Gasteiger partial charge in [0.05, 0.1) is 6.04 Å². The Hall–Kier alpha value is -2.34. The predicted molar refractivity (Wildman–Crippen MR) is 84.6 cm³/mol. The molecule has 0 spiro atoms. The maximum absolute atomic E-state index is 5.34. The van der Waals surface area contributed by atoms with Crippen LogP contribution in [0.1, 0.15) is 18.5 Å². The van der Waals surface area contributed by atoms with E-state index >= 15 is 0 Å². The molecule has 0 saturated heterocycles. The first-order valence-corrected chi connectivity index (χ1v) is 7.00. The fourth-order valence-corrected chi connectivity index (χ4v) is 2.37. The Kier molecular flexibility index (Phi) is 3.87. The minimum absolute atomic E-state index is 0.0991. The van der Waals surface area contributed by atoms with Crippen LogP contribution in [0.2, 0.25) is 0 Å². The van der Waals surface area contributed by atoms with Crippen molar-refractivity contribution in [1.82, 2.24) is 10.3 Å². The second-order valence-electron chi connectivity index (χ2n) is 4.67. The number of aromatic nitrogens is 1. The van der Waals surface area contributed by atoms with Gasteiger partial charge in [0.25, 0.3) is 0 Å². The molecule has 0 radical (unpaired) electrons. The highest BCUT2D eigenvalue weighted by Crippen LogP contribution is 2.34. The third kappa shape index (κ3) is 3.22. The molecule has 0 aliphatic carbocycles. The number of ether oxygens (including phenoxy) is 2. The zero-order valence-electron chi connectivity index (χ0n) is 11.5. The summed E-state index contributed by atoms with van der Waals surface area (Å²) in [6.07, 6.45) is 3.53. The van der Waals surface area contributed by atoms with E-state index in [-0.39, 0.29) is 12.8 Å². The second kappa shape index (κ2) is 5.97. The van der Waals surface area contributed by atoms with Crippen molar-refractivity contribution < 1.29 is 9.47 Å². The molecule has 1 atom stereocenters. The Morgan fingerprint density at radius 1 is 1.19 bits per heavy atom. The minimum atomic E-state index is 0.0991. The first-order valence-electron chi connectivity index (χ1n) is 6.59. The predicted octanol–water partition coefficient (Wildman–Crippen LogP) is 2.86. The highest BCUT2D eigenvalue weighted by atomic mass is 32.1. The molecule has 1 aromatic heterocycles. The monoisotopic (exact) mass is 301 g/mol. The number of hydrogen-bond donors (Lipinski definition) is 2. The molecule has 0 saturated carbocycles. The van der Waals surface area contributed by atoms with Gasteiger partial charge >= 0.3 is 0 Å². The van der Waals surface area contributed by atoms with E-state index in [0.717, 1.165) is 22.7 Å². The Bertz CT molecular complexity index is 649. The van der Waals surface area contributed by atoms with Gasteiger partial charge in [-0.3, -0.25) is 4.98 Å². The van der Waals surface area contributed by atoms with Crippen LogP contribution in [0.15, 0.2) is 42.7 Å². The number of thiocarbonyl (C=S) groups is 1. The summed E-state index contributed by atoms with van der Waals surface area (Å²) >= 11 is 5.33. The zero-order valence-corrected chi connectivity index (χ0v) is 12.3. The molecule has 0 bridgehead atoms. The van der Waals surface area contributed by atoms with Crippen LogP contribution < -0.4 is 20.1 Å². The van der Waals surface area contributed by atoms with Crippen LogP contribution in [0.5, 0.6) is 11.5 Å². The van der Waals surface area contributed by atoms with Gasteiger partial charge in [-0.2, -0.15) is 0 Å². The fourth-order valence-electron chi connectivity index (χ4n) is 2.07. The summed E-state index contributed by atoms with van der Waals surface area (Å²) in [6.45, 7) is 2.31. The smallest absolute Gasteiger partial charge is 0.231 e. The van der Waals surface area contributed by atoms with E-state index in [1.165, 1.54) is 0 Å². The van der Waals surface area contributed by atoms with Crippen molar-refractivity contribution in [2.75, 3.05) is 12.1 Å². The molecular weight excluding hydrogens is 286 g/mol. The van der Waals surface area contributed by atoms with E-state index < -0.39 is 0 Å². The Balaban J connectivity index is 1.61. The van der Waals surface area contributed by atoms with Gasteiger partial charge in [0.15, 0.2) is 16.6 Å². The van der Waals surface area contributed by atoms with Crippen LogP contribution in [0, 0.1) is 0 Å². The van der Waals surface area contributed by atoms with E-state index in [4.69, 9.17) is 21.7 Å². The third-order valence-electron chi connectivity index (χ3n) is 3.18. The molecule has 108 valence electrons. The van der Waals surface area contributed by atoms with Crippen molar-refractivity contribution >= 4 is 23.0 Å². The Labute approximate surface area is 128 Å². The average Bonchev–Trinajstić information content (AvgIpc) is 2.95. The third-order valence-corrected chi connectivity index (χ3v) is 3.40. The second-order valence-corrected chi connectivity index (χ2v) is 5.08. The SMILES string of the molecule is C[C@@H](NC(=S)Nc1ccc2c(c1)OCO2)c1ccncc1. The molecular formula is C15H15N3O2S. The van der Waals surface area contributed by atoms with Crippen molar-refractivity contribution in [3.8, 4) is 11.5 Å². The summed E-state index contributed by atoms with van der Waals surface area (Å²) < 4.78 is 10.6. The molecule has 6 heteroatoms. The van der Waals surface area contributed by atoms with Crippen molar-refractivity contribution in [3.63, 3.8) is 0 Å². The number of anilines is 1.